The van der Waals surface area contributed by atoms with Crippen molar-refractivity contribution in [3.8, 4) is 0 Å². The number of hydrogen-bond acceptors (Lipinski definition) is 2. The van der Waals surface area contributed by atoms with Crippen LogP contribution in [0.5, 0.6) is 0 Å². The van der Waals surface area contributed by atoms with Gasteiger partial charge in [0.25, 0.3) is 0 Å². The molecule has 0 rings (SSSR count). The fourth-order valence-corrected chi connectivity index (χ4v) is 1.23. The zero-order valence-corrected chi connectivity index (χ0v) is 10.5. The van der Waals surface area contributed by atoms with Crippen LogP contribution in [0.3, 0.4) is 0 Å². The maximum absolute atomic E-state index is 11.6. The molecule has 0 aromatic heterocycles. The number of carbonyl (C=O) groups excluding carboxylic acids is 1. The van der Waals surface area contributed by atoms with Gasteiger partial charge in [0.15, 0.2) is 5.11 Å². The van der Waals surface area contributed by atoms with Crippen molar-refractivity contribution in [2.45, 2.75) is 34.6 Å². The fraction of sp³-hybridized carbons (Fsp3) is 0.800. The first-order chi connectivity index (χ1) is 6.32. The second kappa shape index (κ2) is 5.29. The van der Waals surface area contributed by atoms with Crippen molar-refractivity contribution >= 4 is 23.2 Å². The molecule has 0 saturated carbocycles. The summed E-state index contributed by atoms with van der Waals surface area (Å²) in [5.74, 6) is -0.0330. The van der Waals surface area contributed by atoms with Crippen molar-refractivity contribution < 1.29 is 4.79 Å². The average molecular weight is 216 g/mol. The van der Waals surface area contributed by atoms with Gasteiger partial charge >= 0.3 is 0 Å². The van der Waals surface area contributed by atoms with Crippen LogP contribution < -0.4 is 5.32 Å². The first-order valence-electron chi connectivity index (χ1n) is 4.93. The van der Waals surface area contributed by atoms with Crippen molar-refractivity contribution in [3.05, 3.63) is 0 Å². The Morgan fingerprint density at radius 1 is 1.29 bits per heavy atom. The Kier molecular flexibility index (Phi) is 5.05. The molecule has 1 N–H and O–H groups in total. The standard InChI is InChI=1S/C10H20N2OS/c1-6-12(7-2)9(14)11-8(13)10(3,4)5/h6-7H2,1-5H3,(H,11,13,14). The average Bonchev–Trinajstić information content (AvgIpc) is 2.04. The molecule has 4 heteroatoms. The summed E-state index contributed by atoms with van der Waals surface area (Å²) < 4.78 is 0. The third-order valence-corrected chi connectivity index (χ3v) is 2.31. The molecule has 0 fully saturated rings. The highest BCUT2D eigenvalue weighted by Gasteiger charge is 2.22. The Labute approximate surface area is 91.9 Å². The topological polar surface area (TPSA) is 32.3 Å². The number of nitrogens with zero attached hydrogens (tertiary/aromatic N) is 1. The van der Waals surface area contributed by atoms with Crippen LogP contribution in [0.15, 0.2) is 0 Å². The minimum Gasteiger partial charge on any atom is -0.350 e. The molecule has 0 aromatic carbocycles. The van der Waals surface area contributed by atoms with Crippen LogP contribution in [0.1, 0.15) is 34.6 Å². The van der Waals surface area contributed by atoms with Crippen LogP contribution in [0.2, 0.25) is 0 Å². The molecule has 0 aromatic rings. The van der Waals surface area contributed by atoms with Crippen molar-refractivity contribution in [1.82, 2.24) is 10.2 Å². The summed E-state index contributed by atoms with van der Waals surface area (Å²) in [5, 5.41) is 3.26. The van der Waals surface area contributed by atoms with Crippen LogP contribution in [-0.2, 0) is 4.79 Å². The van der Waals surface area contributed by atoms with Gasteiger partial charge in [-0.3, -0.25) is 4.79 Å². The van der Waals surface area contributed by atoms with E-state index < -0.39 is 5.41 Å². The van der Waals surface area contributed by atoms with E-state index in [0.29, 0.717) is 5.11 Å². The highest BCUT2D eigenvalue weighted by molar-refractivity contribution is 7.80. The lowest BCUT2D eigenvalue weighted by Gasteiger charge is -2.25. The maximum Gasteiger partial charge on any atom is 0.231 e. The van der Waals surface area contributed by atoms with Gasteiger partial charge in [0.2, 0.25) is 5.91 Å². The van der Waals surface area contributed by atoms with E-state index in [2.05, 4.69) is 5.32 Å². The molecule has 0 atom stereocenters. The second-order valence-electron chi connectivity index (χ2n) is 4.18. The van der Waals surface area contributed by atoms with E-state index in [-0.39, 0.29) is 5.91 Å². The maximum atomic E-state index is 11.6. The predicted molar refractivity (Wildman–Crippen MR) is 63.1 cm³/mol. The van der Waals surface area contributed by atoms with Crippen molar-refractivity contribution in [2.75, 3.05) is 13.1 Å². The summed E-state index contributed by atoms with van der Waals surface area (Å²) in [5.41, 5.74) is -0.392. The molecular weight excluding hydrogens is 196 g/mol. The normalized spacial score (nSPS) is 10.9. The van der Waals surface area contributed by atoms with E-state index in [0.717, 1.165) is 13.1 Å². The van der Waals surface area contributed by atoms with E-state index in [1.54, 1.807) is 0 Å². The van der Waals surface area contributed by atoms with Gasteiger partial charge in [-0.05, 0) is 26.1 Å². The lowest BCUT2D eigenvalue weighted by atomic mass is 9.96. The Morgan fingerprint density at radius 2 is 1.71 bits per heavy atom. The van der Waals surface area contributed by atoms with Gasteiger partial charge in [0.05, 0.1) is 0 Å². The Bertz CT molecular complexity index is 217. The lowest BCUT2D eigenvalue weighted by Crippen LogP contribution is -2.46. The zero-order valence-electron chi connectivity index (χ0n) is 9.68. The monoisotopic (exact) mass is 216 g/mol. The highest BCUT2D eigenvalue weighted by Crippen LogP contribution is 2.12. The van der Waals surface area contributed by atoms with Crippen LogP contribution in [0.4, 0.5) is 0 Å². The van der Waals surface area contributed by atoms with Gasteiger partial charge in [-0.25, -0.2) is 0 Å². The lowest BCUT2D eigenvalue weighted by molar-refractivity contribution is -0.127. The molecule has 0 bridgehead atoms. The van der Waals surface area contributed by atoms with Gasteiger partial charge in [-0.15, -0.1) is 0 Å². The second-order valence-corrected chi connectivity index (χ2v) is 4.57. The fourth-order valence-electron chi connectivity index (χ4n) is 0.874. The number of nitrogens with one attached hydrogen (secondary N) is 1. The highest BCUT2D eigenvalue weighted by atomic mass is 32.1. The summed E-state index contributed by atoms with van der Waals surface area (Å²) in [6.07, 6.45) is 0. The summed E-state index contributed by atoms with van der Waals surface area (Å²) in [6, 6.07) is 0. The molecule has 0 heterocycles. The Hall–Kier alpha value is -0.640. The van der Waals surface area contributed by atoms with Gasteiger partial charge < -0.3 is 10.2 Å². The summed E-state index contributed by atoms with van der Waals surface area (Å²) >= 11 is 5.11. The van der Waals surface area contributed by atoms with Crippen LogP contribution in [0, 0.1) is 5.41 Å². The van der Waals surface area contributed by atoms with Gasteiger partial charge in [-0.2, -0.15) is 0 Å². The summed E-state index contributed by atoms with van der Waals surface area (Å²) in [6.45, 7) is 11.3. The number of carbonyl (C=O) groups is 1. The Morgan fingerprint density at radius 3 is 2.00 bits per heavy atom. The number of thiocarbonyl (C=S) groups is 1. The van der Waals surface area contributed by atoms with Gasteiger partial charge in [0, 0.05) is 18.5 Å². The Balaban J connectivity index is 4.26. The largest absolute Gasteiger partial charge is 0.350 e. The first-order valence-corrected chi connectivity index (χ1v) is 5.34. The predicted octanol–water partition coefficient (Wildman–Crippen LogP) is 1.78. The summed E-state index contributed by atoms with van der Waals surface area (Å²) in [7, 11) is 0. The van der Waals surface area contributed by atoms with Crippen LogP contribution in [-0.4, -0.2) is 29.0 Å². The van der Waals surface area contributed by atoms with E-state index in [1.165, 1.54) is 0 Å². The number of rotatable bonds is 2. The number of amides is 1. The van der Waals surface area contributed by atoms with Crippen LogP contribution >= 0.6 is 12.2 Å². The third-order valence-electron chi connectivity index (χ3n) is 1.95. The van der Waals surface area contributed by atoms with Crippen molar-refractivity contribution in [3.63, 3.8) is 0 Å². The molecule has 0 radical (unpaired) electrons. The van der Waals surface area contributed by atoms with Crippen LogP contribution in [0.25, 0.3) is 0 Å². The van der Waals surface area contributed by atoms with E-state index >= 15 is 0 Å². The first kappa shape index (κ1) is 13.4. The molecule has 0 saturated heterocycles. The van der Waals surface area contributed by atoms with Gasteiger partial charge in [0.1, 0.15) is 0 Å². The van der Waals surface area contributed by atoms with Crippen molar-refractivity contribution in [2.24, 2.45) is 5.41 Å². The zero-order chi connectivity index (χ0) is 11.4. The molecule has 0 aliphatic heterocycles. The van der Waals surface area contributed by atoms with Gasteiger partial charge in [-0.1, -0.05) is 20.8 Å². The SMILES string of the molecule is CCN(CC)C(=S)NC(=O)C(C)(C)C. The van der Waals surface area contributed by atoms with E-state index in [4.69, 9.17) is 12.2 Å². The van der Waals surface area contributed by atoms with Crippen molar-refractivity contribution in [1.29, 1.82) is 0 Å². The molecule has 3 nitrogen and oxygen atoms in total. The quantitative estimate of drug-likeness (QED) is 0.714. The number of hydrogen-bond donors (Lipinski definition) is 1. The van der Waals surface area contributed by atoms with E-state index in [9.17, 15) is 4.79 Å². The summed E-state index contributed by atoms with van der Waals surface area (Å²) in [4.78, 5) is 13.5. The molecule has 14 heavy (non-hydrogen) atoms. The molecule has 1 amide bonds. The van der Waals surface area contributed by atoms with E-state index in [1.807, 2.05) is 39.5 Å². The molecule has 0 aliphatic rings. The molecule has 0 aliphatic carbocycles. The minimum atomic E-state index is -0.392. The molecule has 82 valence electrons. The molecule has 0 unspecified atom stereocenters. The molecular formula is C10H20N2OS. The molecule has 0 spiro atoms. The minimum absolute atomic E-state index is 0.0330. The smallest absolute Gasteiger partial charge is 0.231 e. The third kappa shape index (κ3) is 4.05.